The van der Waals surface area contributed by atoms with Crippen LogP contribution < -0.4 is 0 Å². The van der Waals surface area contributed by atoms with Gasteiger partial charge in [-0.15, -0.1) is 10.2 Å². The summed E-state index contributed by atoms with van der Waals surface area (Å²) in [6.07, 6.45) is 13.7. The zero-order valence-corrected chi connectivity index (χ0v) is 17.6. The molecule has 3 heterocycles. The Kier molecular flexibility index (Phi) is 4.82. The fourth-order valence-corrected chi connectivity index (χ4v) is 5.02. The van der Waals surface area contributed by atoms with E-state index in [1.54, 1.807) is 0 Å². The molecule has 5 rings (SSSR count). The van der Waals surface area contributed by atoms with Gasteiger partial charge in [0.15, 0.2) is 5.82 Å². The second-order valence-corrected chi connectivity index (χ2v) is 8.78. The van der Waals surface area contributed by atoms with Gasteiger partial charge in [-0.2, -0.15) is 0 Å². The molecule has 152 valence electrons. The lowest BCUT2D eigenvalue weighted by atomic mass is 9.80. The Balaban J connectivity index is 1.39. The molecule has 3 aliphatic rings. The third kappa shape index (κ3) is 3.44. The van der Waals surface area contributed by atoms with Crippen LogP contribution in [-0.2, 0) is 13.0 Å². The van der Waals surface area contributed by atoms with Crippen molar-refractivity contribution in [2.75, 3.05) is 7.05 Å². The van der Waals surface area contributed by atoms with Crippen molar-refractivity contribution in [2.24, 2.45) is 0 Å². The topological polar surface area (TPSA) is 60.0 Å². The first-order valence-corrected chi connectivity index (χ1v) is 10.9. The van der Waals surface area contributed by atoms with Gasteiger partial charge >= 0.3 is 0 Å². The maximum atomic E-state index is 6.27. The highest BCUT2D eigenvalue weighted by molar-refractivity contribution is 6.31. The molecule has 0 aromatic carbocycles. The molecule has 29 heavy (non-hydrogen) atoms. The lowest BCUT2D eigenvalue weighted by Crippen LogP contribution is -2.20. The van der Waals surface area contributed by atoms with Gasteiger partial charge in [-0.1, -0.05) is 29.8 Å². The third-order valence-electron chi connectivity index (χ3n) is 6.35. The smallest absolute Gasteiger partial charge is 0.153 e. The standard InChI is InChI=1S/C22H26ClN5O/c1-3-18-11-19(26-29-18)14-4-6-15(7-5-14)22-25-24-21-13-27(2)12-16-10-17(23)8-9-20(16)28(21)22/h8-12,14-15,20H,3-7,13H2,1-2H3/t14-,15-,20?. The van der Waals surface area contributed by atoms with Crippen LogP contribution in [0.2, 0.25) is 0 Å². The van der Waals surface area contributed by atoms with E-state index in [1.165, 1.54) is 5.57 Å². The fraction of sp³-hybridized carbons (Fsp3) is 0.500. The lowest BCUT2D eigenvalue weighted by molar-refractivity contribution is 0.341. The number of aryl methyl sites for hydroxylation is 1. The Morgan fingerprint density at radius 2 is 1.97 bits per heavy atom. The van der Waals surface area contributed by atoms with E-state index in [0.29, 0.717) is 11.8 Å². The maximum absolute atomic E-state index is 6.27. The molecule has 7 heteroatoms. The fourth-order valence-electron chi connectivity index (χ4n) is 4.82. The van der Waals surface area contributed by atoms with Gasteiger partial charge in [0, 0.05) is 42.6 Å². The van der Waals surface area contributed by atoms with Gasteiger partial charge in [0.2, 0.25) is 0 Å². The molecular formula is C22H26ClN5O. The number of nitrogens with zero attached hydrogens (tertiary/aromatic N) is 5. The summed E-state index contributed by atoms with van der Waals surface area (Å²) in [5.74, 6) is 4.00. The van der Waals surface area contributed by atoms with Crippen LogP contribution in [0.1, 0.15) is 73.6 Å². The van der Waals surface area contributed by atoms with E-state index in [0.717, 1.165) is 66.8 Å². The van der Waals surface area contributed by atoms with Crippen LogP contribution in [0.3, 0.4) is 0 Å². The zero-order valence-electron chi connectivity index (χ0n) is 16.9. The Hall–Kier alpha value is -2.34. The molecule has 1 atom stereocenters. The predicted octanol–water partition coefficient (Wildman–Crippen LogP) is 4.83. The van der Waals surface area contributed by atoms with Crippen LogP contribution in [-0.4, -0.2) is 31.9 Å². The number of hydrogen-bond donors (Lipinski definition) is 0. The summed E-state index contributed by atoms with van der Waals surface area (Å²) < 4.78 is 7.76. The molecule has 0 spiro atoms. The van der Waals surface area contributed by atoms with Crippen molar-refractivity contribution in [2.45, 2.75) is 63.5 Å². The van der Waals surface area contributed by atoms with Crippen LogP contribution in [0.5, 0.6) is 0 Å². The van der Waals surface area contributed by atoms with Crippen molar-refractivity contribution in [3.63, 3.8) is 0 Å². The van der Waals surface area contributed by atoms with E-state index in [9.17, 15) is 0 Å². The van der Waals surface area contributed by atoms with E-state index in [2.05, 4.69) is 57.1 Å². The summed E-state index contributed by atoms with van der Waals surface area (Å²) in [4.78, 5) is 2.16. The first kappa shape index (κ1) is 18.7. The molecule has 1 fully saturated rings. The molecule has 0 bridgehead atoms. The lowest BCUT2D eigenvalue weighted by Gasteiger charge is -2.29. The third-order valence-corrected chi connectivity index (χ3v) is 6.59. The molecular weight excluding hydrogens is 386 g/mol. The molecule has 1 unspecified atom stereocenters. The maximum Gasteiger partial charge on any atom is 0.153 e. The van der Waals surface area contributed by atoms with Gasteiger partial charge in [0.25, 0.3) is 0 Å². The highest BCUT2D eigenvalue weighted by Gasteiger charge is 2.33. The molecule has 0 amide bonds. The Labute approximate surface area is 175 Å². The van der Waals surface area contributed by atoms with E-state index in [4.69, 9.17) is 16.1 Å². The number of rotatable bonds is 3. The molecule has 2 aromatic rings. The van der Waals surface area contributed by atoms with Crippen LogP contribution in [0.15, 0.2) is 45.6 Å². The highest BCUT2D eigenvalue weighted by Crippen LogP contribution is 2.42. The normalized spacial score (nSPS) is 26.4. The quantitative estimate of drug-likeness (QED) is 0.723. The van der Waals surface area contributed by atoms with E-state index in [1.807, 2.05) is 12.2 Å². The van der Waals surface area contributed by atoms with Gasteiger partial charge in [0.05, 0.1) is 18.3 Å². The second-order valence-electron chi connectivity index (χ2n) is 8.34. The first-order valence-electron chi connectivity index (χ1n) is 10.5. The number of fused-ring (bicyclic) bond motifs is 3. The summed E-state index contributed by atoms with van der Waals surface area (Å²) in [5.41, 5.74) is 2.30. The van der Waals surface area contributed by atoms with E-state index < -0.39 is 0 Å². The molecule has 6 nitrogen and oxygen atoms in total. The second kappa shape index (κ2) is 7.48. The van der Waals surface area contributed by atoms with Gasteiger partial charge in [-0.3, -0.25) is 0 Å². The van der Waals surface area contributed by atoms with Gasteiger partial charge in [0.1, 0.15) is 11.6 Å². The Bertz CT molecular complexity index is 993. The minimum Gasteiger partial charge on any atom is -0.373 e. The average molecular weight is 412 g/mol. The van der Waals surface area contributed by atoms with Crippen molar-refractivity contribution in [1.82, 2.24) is 24.8 Å². The number of halogens is 1. The molecule has 1 aliphatic heterocycles. The minimum absolute atomic E-state index is 0.114. The van der Waals surface area contributed by atoms with E-state index in [-0.39, 0.29) is 6.04 Å². The van der Waals surface area contributed by atoms with Gasteiger partial charge in [-0.25, -0.2) is 0 Å². The minimum atomic E-state index is 0.114. The molecule has 0 radical (unpaired) electrons. The highest BCUT2D eigenvalue weighted by atomic mass is 35.5. The van der Waals surface area contributed by atoms with Crippen LogP contribution >= 0.6 is 11.6 Å². The zero-order chi connectivity index (χ0) is 20.0. The van der Waals surface area contributed by atoms with E-state index >= 15 is 0 Å². The summed E-state index contributed by atoms with van der Waals surface area (Å²) in [6, 6.07) is 2.24. The van der Waals surface area contributed by atoms with Crippen molar-refractivity contribution < 1.29 is 4.52 Å². The SMILES string of the molecule is CCc1cc([C@H]2CC[C@H](c3nnc4n3C3C=CC(Cl)=CC3=CN(C)C4)CC2)no1. The van der Waals surface area contributed by atoms with Crippen molar-refractivity contribution in [1.29, 1.82) is 0 Å². The molecule has 1 saturated carbocycles. The summed E-state index contributed by atoms with van der Waals surface area (Å²) in [6.45, 7) is 2.85. The van der Waals surface area contributed by atoms with Gasteiger partial charge in [-0.05, 0) is 43.4 Å². The molecule has 2 aromatic heterocycles. The van der Waals surface area contributed by atoms with Crippen LogP contribution in [0.4, 0.5) is 0 Å². The van der Waals surface area contributed by atoms with Crippen molar-refractivity contribution in [3.05, 3.63) is 64.2 Å². The molecule has 0 saturated heterocycles. The van der Waals surface area contributed by atoms with Crippen molar-refractivity contribution >= 4 is 11.6 Å². The summed E-state index contributed by atoms with van der Waals surface area (Å²) >= 11 is 6.27. The average Bonchev–Trinajstić information content (AvgIpc) is 3.33. The molecule has 2 aliphatic carbocycles. The van der Waals surface area contributed by atoms with Crippen molar-refractivity contribution in [3.8, 4) is 0 Å². The predicted molar refractivity (Wildman–Crippen MR) is 112 cm³/mol. The molecule has 0 N–H and O–H groups in total. The van der Waals surface area contributed by atoms with Crippen LogP contribution in [0.25, 0.3) is 0 Å². The number of aromatic nitrogens is 4. The largest absolute Gasteiger partial charge is 0.373 e. The number of hydrogen-bond acceptors (Lipinski definition) is 5. The summed E-state index contributed by atoms with van der Waals surface area (Å²) in [7, 11) is 2.07. The van der Waals surface area contributed by atoms with Gasteiger partial charge < -0.3 is 14.0 Å². The summed E-state index contributed by atoms with van der Waals surface area (Å²) in [5, 5.41) is 14.3. The number of allylic oxidation sites excluding steroid dienone is 5. The monoisotopic (exact) mass is 411 g/mol. The Morgan fingerprint density at radius 1 is 1.17 bits per heavy atom. The van der Waals surface area contributed by atoms with Crippen LogP contribution in [0, 0.1) is 0 Å². The Morgan fingerprint density at radius 3 is 2.72 bits per heavy atom. The first-order chi connectivity index (χ1) is 14.1.